The van der Waals surface area contributed by atoms with E-state index in [0.717, 1.165) is 28.0 Å². The van der Waals surface area contributed by atoms with E-state index in [0.29, 0.717) is 5.88 Å². The molecule has 0 amide bonds. The van der Waals surface area contributed by atoms with Crippen LogP contribution in [0.1, 0.15) is 11.3 Å². The van der Waals surface area contributed by atoms with Gasteiger partial charge in [-0.15, -0.1) is 16.7 Å². The first-order valence-corrected chi connectivity index (χ1v) is 6.15. The van der Waals surface area contributed by atoms with Crippen LogP contribution >= 0.6 is 11.6 Å². The van der Waals surface area contributed by atoms with Crippen molar-refractivity contribution in [1.29, 1.82) is 0 Å². The number of rotatable bonds is 2. The molecule has 5 heteroatoms. The Kier molecular flexibility index (Phi) is 2.72. The van der Waals surface area contributed by atoms with E-state index in [4.69, 9.17) is 11.6 Å². The van der Waals surface area contributed by atoms with Crippen LogP contribution in [0, 0.1) is 6.92 Å². The molecule has 4 nitrogen and oxygen atoms in total. The summed E-state index contributed by atoms with van der Waals surface area (Å²) in [6, 6.07) is 9.81. The summed E-state index contributed by atoms with van der Waals surface area (Å²) in [6.07, 6.45) is 1.79. The van der Waals surface area contributed by atoms with Gasteiger partial charge in [-0.1, -0.05) is 17.3 Å². The predicted molar refractivity (Wildman–Crippen MR) is 71.0 cm³/mol. The molecule has 0 fully saturated rings. The van der Waals surface area contributed by atoms with Gasteiger partial charge in [-0.05, 0) is 25.1 Å². The van der Waals surface area contributed by atoms with Crippen LogP contribution in [0.3, 0.4) is 0 Å². The normalized spacial score (nSPS) is 11.0. The minimum absolute atomic E-state index is 0.400. The molecule has 0 aliphatic heterocycles. The molecule has 90 valence electrons. The number of halogens is 1. The Balaban J connectivity index is 2.29. The number of pyridine rings is 1. The molecule has 2 aromatic heterocycles. The highest BCUT2D eigenvalue weighted by molar-refractivity contribution is 6.17. The summed E-state index contributed by atoms with van der Waals surface area (Å²) in [5.74, 6) is 0.400. The van der Waals surface area contributed by atoms with Crippen molar-refractivity contribution in [3.05, 3.63) is 47.8 Å². The number of nitrogens with zero attached hydrogens (tertiary/aromatic N) is 4. The molecule has 3 rings (SSSR count). The fourth-order valence-corrected chi connectivity index (χ4v) is 2.13. The molecule has 0 N–H and O–H groups in total. The van der Waals surface area contributed by atoms with Gasteiger partial charge in [0, 0.05) is 17.5 Å². The van der Waals surface area contributed by atoms with E-state index < -0.39 is 0 Å². The third-order valence-electron chi connectivity index (χ3n) is 2.82. The van der Waals surface area contributed by atoms with Gasteiger partial charge in [-0.25, -0.2) is 4.68 Å². The second kappa shape index (κ2) is 4.38. The first-order chi connectivity index (χ1) is 8.79. The van der Waals surface area contributed by atoms with E-state index in [9.17, 15) is 0 Å². The lowest BCUT2D eigenvalue weighted by Gasteiger charge is -2.08. The van der Waals surface area contributed by atoms with Gasteiger partial charge in [0.1, 0.15) is 5.52 Å². The number of benzene rings is 1. The van der Waals surface area contributed by atoms with Gasteiger partial charge >= 0.3 is 0 Å². The number of aromatic nitrogens is 4. The smallest absolute Gasteiger partial charge is 0.113 e. The second-order valence-corrected chi connectivity index (χ2v) is 4.35. The summed E-state index contributed by atoms with van der Waals surface area (Å²) in [5.41, 5.74) is 4.64. The van der Waals surface area contributed by atoms with Crippen LogP contribution in [0.5, 0.6) is 0 Å². The fraction of sp³-hybridized carbons (Fsp3) is 0.154. The summed E-state index contributed by atoms with van der Waals surface area (Å²) in [4.78, 5) is 4.25. The Morgan fingerprint density at radius 2 is 2.11 bits per heavy atom. The monoisotopic (exact) mass is 258 g/mol. The van der Waals surface area contributed by atoms with Crippen LogP contribution < -0.4 is 0 Å². The van der Waals surface area contributed by atoms with Gasteiger partial charge in [0.05, 0.1) is 17.1 Å². The first kappa shape index (κ1) is 11.2. The number of fused-ring (bicyclic) bond motifs is 1. The average Bonchev–Trinajstić information content (AvgIpc) is 2.82. The summed E-state index contributed by atoms with van der Waals surface area (Å²) in [6.45, 7) is 1.95. The fourth-order valence-electron chi connectivity index (χ4n) is 1.92. The third-order valence-corrected chi connectivity index (χ3v) is 3.11. The maximum atomic E-state index is 5.95. The molecule has 0 saturated heterocycles. The van der Waals surface area contributed by atoms with Crippen LogP contribution in [0.15, 0.2) is 36.5 Å². The molecule has 0 atom stereocenters. The molecule has 3 aromatic rings. The van der Waals surface area contributed by atoms with Crippen molar-refractivity contribution in [3.63, 3.8) is 0 Å². The quantitative estimate of drug-likeness (QED) is 0.664. The van der Waals surface area contributed by atoms with E-state index in [1.165, 1.54) is 0 Å². The zero-order valence-electron chi connectivity index (χ0n) is 9.84. The van der Waals surface area contributed by atoms with Crippen LogP contribution in [-0.2, 0) is 5.88 Å². The van der Waals surface area contributed by atoms with Gasteiger partial charge in [-0.2, -0.15) is 0 Å². The molecule has 0 aliphatic carbocycles. The average molecular weight is 259 g/mol. The molecule has 0 saturated carbocycles. The standard InChI is InChI=1S/C13H11ClN4/c1-9-6-13(10(7-14)8-15-9)18-12-5-3-2-4-11(12)16-17-18/h2-6,8H,7H2,1H3. The van der Waals surface area contributed by atoms with Crippen molar-refractivity contribution in [3.8, 4) is 5.69 Å². The predicted octanol–water partition coefficient (Wildman–Crippen LogP) is 2.86. The molecule has 0 bridgehead atoms. The van der Waals surface area contributed by atoms with Crippen LogP contribution in [0.25, 0.3) is 16.7 Å². The van der Waals surface area contributed by atoms with Gasteiger partial charge in [-0.3, -0.25) is 4.98 Å². The highest BCUT2D eigenvalue weighted by atomic mass is 35.5. The van der Waals surface area contributed by atoms with Gasteiger partial charge in [0.2, 0.25) is 0 Å². The van der Waals surface area contributed by atoms with Crippen molar-refractivity contribution in [2.75, 3.05) is 0 Å². The SMILES string of the molecule is Cc1cc(-n2nnc3ccccc32)c(CCl)cn1. The number of para-hydroxylation sites is 1. The molecule has 0 unspecified atom stereocenters. The minimum atomic E-state index is 0.400. The summed E-state index contributed by atoms with van der Waals surface area (Å²) in [5, 5.41) is 8.35. The maximum Gasteiger partial charge on any atom is 0.113 e. The van der Waals surface area contributed by atoms with Gasteiger partial charge in [0.25, 0.3) is 0 Å². The number of alkyl halides is 1. The Morgan fingerprint density at radius 3 is 2.94 bits per heavy atom. The summed E-state index contributed by atoms with van der Waals surface area (Å²) in [7, 11) is 0. The lowest BCUT2D eigenvalue weighted by molar-refractivity contribution is 0.814. The zero-order valence-corrected chi connectivity index (χ0v) is 10.6. The molecule has 0 radical (unpaired) electrons. The lowest BCUT2D eigenvalue weighted by Crippen LogP contribution is -2.02. The largest absolute Gasteiger partial charge is 0.261 e. The Labute approximate surface area is 109 Å². The molecule has 2 heterocycles. The highest BCUT2D eigenvalue weighted by Crippen LogP contribution is 2.20. The molecular formula is C13H11ClN4. The Bertz CT molecular complexity index is 705. The van der Waals surface area contributed by atoms with Crippen LogP contribution in [0.2, 0.25) is 0 Å². The molecule has 0 aliphatic rings. The van der Waals surface area contributed by atoms with Crippen LogP contribution in [0.4, 0.5) is 0 Å². The summed E-state index contributed by atoms with van der Waals surface area (Å²) >= 11 is 5.95. The molecular weight excluding hydrogens is 248 g/mol. The van der Waals surface area contributed by atoms with Crippen molar-refractivity contribution in [1.82, 2.24) is 20.0 Å². The second-order valence-electron chi connectivity index (χ2n) is 4.08. The highest BCUT2D eigenvalue weighted by Gasteiger charge is 2.10. The van der Waals surface area contributed by atoms with Gasteiger partial charge in [0.15, 0.2) is 0 Å². The van der Waals surface area contributed by atoms with Crippen molar-refractivity contribution in [2.45, 2.75) is 12.8 Å². The number of hydrogen-bond acceptors (Lipinski definition) is 3. The van der Waals surface area contributed by atoms with E-state index in [2.05, 4.69) is 15.3 Å². The van der Waals surface area contributed by atoms with E-state index in [-0.39, 0.29) is 0 Å². The Hall–Kier alpha value is -1.94. The molecule has 18 heavy (non-hydrogen) atoms. The first-order valence-electron chi connectivity index (χ1n) is 5.62. The molecule has 0 spiro atoms. The number of hydrogen-bond donors (Lipinski definition) is 0. The third kappa shape index (κ3) is 1.75. The van der Waals surface area contributed by atoms with Crippen LogP contribution in [-0.4, -0.2) is 20.0 Å². The lowest BCUT2D eigenvalue weighted by atomic mass is 10.2. The molecule has 1 aromatic carbocycles. The minimum Gasteiger partial charge on any atom is -0.261 e. The van der Waals surface area contributed by atoms with E-state index in [1.807, 2.05) is 41.9 Å². The van der Waals surface area contributed by atoms with Crippen molar-refractivity contribution < 1.29 is 0 Å². The van der Waals surface area contributed by atoms with E-state index in [1.54, 1.807) is 6.20 Å². The van der Waals surface area contributed by atoms with Gasteiger partial charge < -0.3 is 0 Å². The topological polar surface area (TPSA) is 43.6 Å². The zero-order chi connectivity index (χ0) is 12.5. The maximum absolute atomic E-state index is 5.95. The Morgan fingerprint density at radius 1 is 1.28 bits per heavy atom. The van der Waals surface area contributed by atoms with Crippen molar-refractivity contribution in [2.24, 2.45) is 0 Å². The van der Waals surface area contributed by atoms with E-state index >= 15 is 0 Å². The van der Waals surface area contributed by atoms with Crippen molar-refractivity contribution >= 4 is 22.6 Å². The number of aryl methyl sites for hydroxylation is 1. The summed E-state index contributed by atoms with van der Waals surface area (Å²) < 4.78 is 1.81.